The largest absolute Gasteiger partial charge is 0.347 e. The molecule has 1 fully saturated rings. The van der Waals surface area contributed by atoms with Crippen LogP contribution in [0.4, 0.5) is 4.79 Å². The summed E-state index contributed by atoms with van der Waals surface area (Å²) in [6.45, 7) is 4.37. The number of imide groups is 1. The number of nitrogens with one attached hydrogen (secondary N) is 3. The molecule has 8 nitrogen and oxygen atoms in total. The van der Waals surface area contributed by atoms with Gasteiger partial charge < -0.3 is 15.2 Å². The van der Waals surface area contributed by atoms with E-state index in [2.05, 4.69) is 39.3 Å². The lowest BCUT2D eigenvalue weighted by Crippen LogP contribution is -2.48. The molecule has 8 heteroatoms. The number of nitrogens with zero attached hydrogens (tertiary/aromatic N) is 2. The highest BCUT2D eigenvalue weighted by Crippen LogP contribution is 2.20. The Balaban J connectivity index is 1.74. The van der Waals surface area contributed by atoms with Gasteiger partial charge in [0.05, 0.1) is 17.6 Å². The Kier molecular flexibility index (Phi) is 4.69. The second kappa shape index (κ2) is 6.92. The van der Waals surface area contributed by atoms with Crippen molar-refractivity contribution >= 4 is 28.9 Å². The molecule has 1 aromatic carbocycles. The van der Waals surface area contributed by atoms with Crippen molar-refractivity contribution in [3.8, 4) is 0 Å². The number of fused-ring (bicyclic) bond motifs is 1. The van der Waals surface area contributed by atoms with Crippen LogP contribution >= 0.6 is 0 Å². The molecule has 132 valence electrons. The van der Waals surface area contributed by atoms with Gasteiger partial charge in [0.25, 0.3) is 0 Å². The summed E-state index contributed by atoms with van der Waals surface area (Å²) in [4.78, 5) is 39.8. The average molecular weight is 343 g/mol. The molecule has 3 N–H and O–H groups in total. The van der Waals surface area contributed by atoms with Gasteiger partial charge in [-0.05, 0) is 32.4 Å². The van der Waals surface area contributed by atoms with Gasteiger partial charge >= 0.3 is 6.03 Å². The zero-order valence-corrected chi connectivity index (χ0v) is 14.2. The van der Waals surface area contributed by atoms with Crippen molar-refractivity contribution < 1.29 is 14.4 Å². The topological polar surface area (TPSA) is 105 Å². The van der Waals surface area contributed by atoms with Gasteiger partial charge in [-0.1, -0.05) is 12.1 Å². The van der Waals surface area contributed by atoms with Crippen LogP contribution in [-0.2, 0) is 16.1 Å². The fraction of sp³-hybridized carbons (Fsp3) is 0.412. The van der Waals surface area contributed by atoms with Gasteiger partial charge in [0.15, 0.2) is 0 Å². The Morgan fingerprint density at radius 3 is 2.88 bits per heavy atom. The van der Waals surface area contributed by atoms with Crippen LogP contribution in [0, 0.1) is 0 Å². The third-order valence-electron chi connectivity index (χ3n) is 4.14. The summed E-state index contributed by atoms with van der Waals surface area (Å²) in [5.74, 6) is 0.0420. The molecular formula is C17H21N5O3. The summed E-state index contributed by atoms with van der Waals surface area (Å²) in [6, 6.07) is 6.63. The summed E-state index contributed by atoms with van der Waals surface area (Å²) >= 11 is 0. The number of para-hydroxylation sites is 2. The summed E-state index contributed by atoms with van der Waals surface area (Å²) in [5.41, 5.74) is 1.89. The number of carbonyl (C=O) groups is 3. The maximum Gasteiger partial charge on any atom is 0.322 e. The van der Waals surface area contributed by atoms with Crippen molar-refractivity contribution in [2.75, 3.05) is 0 Å². The molecule has 2 aromatic rings. The molecule has 2 heterocycles. The number of urea groups is 1. The normalized spacial score (nSPS) is 18.0. The molecule has 4 amide bonds. The van der Waals surface area contributed by atoms with Crippen LogP contribution in [0.3, 0.4) is 0 Å². The molecule has 0 unspecified atom stereocenters. The number of aromatic nitrogens is 2. The second-order valence-electron chi connectivity index (χ2n) is 6.31. The van der Waals surface area contributed by atoms with E-state index in [1.165, 1.54) is 0 Å². The first kappa shape index (κ1) is 16.9. The molecule has 1 aliphatic rings. The third-order valence-corrected chi connectivity index (χ3v) is 4.14. The van der Waals surface area contributed by atoms with Crippen LogP contribution in [-0.4, -0.2) is 33.4 Å². The highest BCUT2D eigenvalue weighted by molar-refractivity contribution is 5.98. The monoisotopic (exact) mass is 343 g/mol. The maximum absolute atomic E-state index is 12.4. The van der Waals surface area contributed by atoms with Crippen molar-refractivity contribution in [3.05, 3.63) is 30.1 Å². The molecule has 3 rings (SSSR count). The lowest BCUT2D eigenvalue weighted by atomic mass is 10.1. The predicted octanol–water partition coefficient (Wildman–Crippen LogP) is 1.22. The molecule has 25 heavy (non-hydrogen) atoms. The number of hydrogen-bond acceptors (Lipinski definition) is 4. The zero-order valence-electron chi connectivity index (χ0n) is 14.2. The first-order valence-corrected chi connectivity index (χ1v) is 8.29. The fourth-order valence-corrected chi connectivity index (χ4v) is 3.01. The van der Waals surface area contributed by atoms with E-state index in [1.54, 1.807) is 0 Å². The number of hydrogen-bond donors (Lipinski definition) is 3. The molecule has 0 spiro atoms. The maximum atomic E-state index is 12.4. The first-order valence-electron chi connectivity index (χ1n) is 8.29. The summed E-state index contributed by atoms with van der Waals surface area (Å²) in [6.07, 6.45) is 0.394. The quantitative estimate of drug-likeness (QED) is 0.776. The Bertz CT molecular complexity index is 827. The Hall–Kier alpha value is -2.90. The Morgan fingerprint density at radius 1 is 1.36 bits per heavy atom. The second-order valence-corrected chi connectivity index (χ2v) is 6.31. The van der Waals surface area contributed by atoms with Crippen LogP contribution in [0.2, 0.25) is 0 Å². The third kappa shape index (κ3) is 3.62. The van der Waals surface area contributed by atoms with Crippen molar-refractivity contribution in [3.63, 3.8) is 0 Å². The Labute approximate surface area is 145 Å². The van der Waals surface area contributed by atoms with E-state index in [0.29, 0.717) is 0 Å². The number of rotatable bonds is 4. The zero-order chi connectivity index (χ0) is 18.0. The van der Waals surface area contributed by atoms with E-state index < -0.39 is 12.1 Å². The predicted molar refractivity (Wildman–Crippen MR) is 91.7 cm³/mol. The lowest BCUT2D eigenvalue weighted by Gasteiger charge is -2.16. The van der Waals surface area contributed by atoms with Crippen LogP contribution < -0.4 is 16.0 Å². The standard InChI is InChI=1S/C17H21N5O3/c1-10(2)22-13-6-4-3-5-11(13)19-14(22)9-18-16(24)12-7-8-15(23)21-17(25)20-12/h3-6,10,12H,7-9H2,1-2H3,(H,18,24)(H2,20,21,23,25)/t12-/m1/s1. The minimum absolute atomic E-state index is 0.126. The molecule has 0 bridgehead atoms. The van der Waals surface area contributed by atoms with E-state index in [0.717, 1.165) is 16.9 Å². The van der Waals surface area contributed by atoms with Crippen molar-refractivity contribution in [2.45, 2.75) is 45.3 Å². The van der Waals surface area contributed by atoms with Gasteiger partial charge in [0, 0.05) is 12.5 Å². The summed E-state index contributed by atoms with van der Waals surface area (Å²) in [7, 11) is 0. The molecule has 1 saturated heterocycles. The van der Waals surface area contributed by atoms with Gasteiger partial charge in [-0.2, -0.15) is 0 Å². The summed E-state index contributed by atoms with van der Waals surface area (Å²) in [5, 5.41) is 7.47. The number of carbonyl (C=O) groups excluding carboxylic acids is 3. The van der Waals surface area contributed by atoms with Gasteiger partial charge in [0.2, 0.25) is 11.8 Å². The van der Waals surface area contributed by atoms with E-state index >= 15 is 0 Å². The molecule has 0 radical (unpaired) electrons. The van der Waals surface area contributed by atoms with Crippen molar-refractivity contribution in [2.24, 2.45) is 0 Å². The molecular weight excluding hydrogens is 322 g/mol. The van der Waals surface area contributed by atoms with Crippen molar-refractivity contribution in [1.82, 2.24) is 25.5 Å². The Morgan fingerprint density at radius 2 is 2.12 bits per heavy atom. The van der Waals surface area contributed by atoms with E-state index in [4.69, 9.17) is 0 Å². The highest BCUT2D eigenvalue weighted by Gasteiger charge is 2.26. The first-order chi connectivity index (χ1) is 12.0. The molecule has 1 atom stereocenters. The van der Waals surface area contributed by atoms with Crippen LogP contribution in [0.5, 0.6) is 0 Å². The highest BCUT2D eigenvalue weighted by atomic mass is 16.2. The van der Waals surface area contributed by atoms with Gasteiger partial charge in [0.1, 0.15) is 11.9 Å². The van der Waals surface area contributed by atoms with Crippen LogP contribution in [0.1, 0.15) is 38.6 Å². The molecule has 0 aliphatic carbocycles. The lowest BCUT2D eigenvalue weighted by molar-refractivity contribution is -0.123. The minimum atomic E-state index is -0.733. The van der Waals surface area contributed by atoms with Crippen LogP contribution in [0.25, 0.3) is 11.0 Å². The van der Waals surface area contributed by atoms with Crippen molar-refractivity contribution in [1.29, 1.82) is 0 Å². The molecule has 0 saturated carbocycles. The van der Waals surface area contributed by atoms with E-state index in [-0.39, 0.29) is 37.2 Å². The van der Waals surface area contributed by atoms with Crippen LogP contribution in [0.15, 0.2) is 24.3 Å². The molecule has 1 aromatic heterocycles. The fourth-order valence-electron chi connectivity index (χ4n) is 3.01. The molecule has 1 aliphatic heterocycles. The minimum Gasteiger partial charge on any atom is -0.347 e. The summed E-state index contributed by atoms with van der Waals surface area (Å²) < 4.78 is 2.08. The van der Waals surface area contributed by atoms with E-state index in [1.807, 2.05) is 24.3 Å². The van der Waals surface area contributed by atoms with Gasteiger partial charge in [-0.25, -0.2) is 9.78 Å². The van der Waals surface area contributed by atoms with Gasteiger partial charge in [-0.3, -0.25) is 14.9 Å². The average Bonchev–Trinajstić information content (AvgIpc) is 2.85. The number of amides is 4. The SMILES string of the molecule is CC(C)n1c(CNC(=O)[C@H]2CCC(=O)NC(=O)N2)nc2ccccc21. The number of imidazole rings is 1. The number of benzene rings is 1. The van der Waals surface area contributed by atoms with Gasteiger partial charge in [-0.15, -0.1) is 0 Å². The van der Waals surface area contributed by atoms with E-state index in [9.17, 15) is 14.4 Å². The smallest absolute Gasteiger partial charge is 0.322 e.